The Kier molecular flexibility index (Phi) is 8.88. The molecule has 18 heavy (non-hydrogen) atoms. The Hall–Kier alpha value is -0.0831. The summed E-state index contributed by atoms with van der Waals surface area (Å²) in [5.74, 6) is 0. The third kappa shape index (κ3) is 8.10. The maximum absolute atomic E-state index is 6.14. The van der Waals surface area contributed by atoms with E-state index < -0.39 is 8.32 Å². The lowest BCUT2D eigenvalue weighted by Gasteiger charge is -2.36. The normalized spacial score (nSPS) is 13.4. The summed E-state index contributed by atoms with van der Waals surface area (Å²) in [6, 6.07) is 0. The molecule has 0 saturated heterocycles. The Balaban J connectivity index is 3.57. The number of allylic oxidation sites excluding steroid dienone is 2. The van der Waals surface area contributed by atoms with Crippen molar-refractivity contribution >= 4 is 8.32 Å². The molecule has 0 aliphatic carbocycles. The Morgan fingerprint density at radius 2 is 1.50 bits per heavy atom. The van der Waals surface area contributed by atoms with Crippen LogP contribution >= 0.6 is 0 Å². The third-order valence-electron chi connectivity index (χ3n) is 3.93. The Morgan fingerprint density at radius 3 is 2.00 bits per heavy atom. The van der Waals surface area contributed by atoms with Crippen molar-refractivity contribution in [1.29, 1.82) is 0 Å². The molecule has 0 atom stereocenters. The van der Waals surface area contributed by atoms with Crippen LogP contribution in [0.2, 0.25) is 18.1 Å². The molecule has 0 rings (SSSR count). The van der Waals surface area contributed by atoms with Crippen molar-refractivity contribution in [1.82, 2.24) is 0 Å². The molecule has 0 unspecified atom stereocenters. The second-order valence-corrected chi connectivity index (χ2v) is 11.5. The number of rotatable bonds is 9. The zero-order valence-corrected chi connectivity index (χ0v) is 14.5. The molecule has 2 heteroatoms. The number of hydrogen-bond donors (Lipinski definition) is 0. The Morgan fingerprint density at radius 1 is 0.944 bits per heavy atom. The third-order valence-corrected chi connectivity index (χ3v) is 8.46. The highest BCUT2D eigenvalue weighted by Crippen LogP contribution is 2.36. The van der Waals surface area contributed by atoms with Gasteiger partial charge in [-0.3, -0.25) is 0 Å². The van der Waals surface area contributed by atoms with Gasteiger partial charge in [-0.2, -0.15) is 0 Å². The summed E-state index contributed by atoms with van der Waals surface area (Å²) in [4.78, 5) is 0. The van der Waals surface area contributed by atoms with Gasteiger partial charge < -0.3 is 4.43 Å². The van der Waals surface area contributed by atoms with E-state index in [1.54, 1.807) is 0 Å². The molecule has 0 fully saturated rings. The maximum Gasteiger partial charge on any atom is 0.191 e. The molecule has 0 aromatic carbocycles. The van der Waals surface area contributed by atoms with Crippen molar-refractivity contribution in [2.75, 3.05) is 6.61 Å². The second-order valence-electron chi connectivity index (χ2n) is 6.72. The average Bonchev–Trinajstić information content (AvgIpc) is 2.25. The second kappa shape index (κ2) is 8.92. The van der Waals surface area contributed by atoms with Gasteiger partial charge in [0, 0.05) is 6.61 Å². The average molecular weight is 271 g/mol. The summed E-state index contributed by atoms with van der Waals surface area (Å²) in [7, 11) is -1.52. The van der Waals surface area contributed by atoms with Crippen LogP contribution < -0.4 is 0 Å². The lowest BCUT2D eigenvalue weighted by molar-refractivity contribution is 0.283. The highest BCUT2D eigenvalue weighted by atomic mass is 28.4. The topological polar surface area (TPSA) is 9.23 Å². The van der Waals surface area contributed by atoms with Crippen molar-refractivity contribution < 1.29 is 4.43 Å². The largest absolute Gasteiger partial charge is 0.417 e. The molecule has 0 radical (unpaired) electrons. The fourth-order valence-electron chi connectivity index (χ4n) is 1.49. The van der Waals surface area contributed by atoms with E-state index >= 15 is 0 Å². The van der Waals surface area contributed by atoms with Crippen LogP contribution in [0.3, 0.4) is 0 Å². The van der Waals surface area contributed by atoms with Gasteiger partial charge in [0.05, 0.1) is 0 Å². The van der Waals surface area contributed by atoms with Crippen LogP contribution in [0.5, 0.6) is 0 Å². The number of hydrogen-bond acceptors (Lipinski definition) is 1. The van der Waals surface area contributed by atoms with Crippen LogP contribution in [0, 0.1) is 0 Å². The van der Waals surface area contributed by atoms with Crippen LogP contribution in [0.15, 0.2) is 12.2 Å². The van der Waals surface area contributed by atoms with E-state index in [-0.39, 0.29) is 0 Å². The van der Waals surface area contributed by atoms with Crippen molar-refractivity contribution in [3.63, 3.8) is 0 Å². The SMILES string of the molecule is CCCCC/C=C\CCCO[Si](C)(C)C(C)(C)C. The smallest absolute Gasteiger partial charge is 0.191 e. The van der Waals surface area contributed by atoms with Gasteiger partial charge in [0.1, 0.15) is 0 Å². The summed E-state index contributed by atoms with van der Waals surface area (Å²) in [5, 5.41) is 0.336. The van der Waals surface area contributed by atoms with Gasteiger partial charge in [-0.1, -0.05) is 52.7 Å². The van der Waals surface area contributed by atoms with Crippen molar-refractivity contribution in [2.24, 2.45) is 0 Å². The van der Waals surface area contributed by atoms with Gasteiger partial charge in [-0.15, -0.1) is 0 Å². The van der Waals surface area contributed by atoms with Gasteiger partial charge in [-0.05, 0) is 43.8 Å². The van der Waals surface area contributed by atoms with Crippen LogP contribution in [0.1, 0.15) is 66.2 Å². The molecule has 1 nitrogen and oxygen atoms in total. The minimum atomic E-state index is -1.52. The zero-order valence-electron chi connectivity index (χ0n) is 13.5. The van der Waals surface area contributed by atoms with E-state index in [9.17, 15) is 0 Å². The van der Waals surface area contributed by atoms with Gasteiger partial charge in [0.2, 0.25) is 0 Å². The molecule has 0 aromatic rings. The highest BCUT2D eigenvalue weighted by Gasteiger charge is 2.36. The molecule has 108 valence electrons. The fourth-order valence-corrected chi connectivity index (χ4v) is 2.58. The van der Waals surface area contributed by atoms with Gasteiger partial charge >= 0.3 is 0 Å². The highest BCUT2D eigenvalue weighted by molar-refractivity contribution is 6.74. The zero-order chi connectivity index (χ0) is 14.1. The molecule has 0 aromatic heterocycles. The first-order chi connectivity index (χ1) is 8.31. The summed E-state index contributed by atoms with van der Waals surface area (Å²) < 4.78 is 6.14. The summed E-state index contributed by atoms with van der Waals surface area (Å²) >= 11 is 0. The summed E-state index contributed by atoms with van der Waals surface area (Å²) in [6.45, 7) is 14.7. The standard InChI is InChI=1S/C16H34OSi/c1-7-8-9-10-11-12-13-14-15-17-18(5,6)16(2,3)4/h11-12H,7-10,13-15H2,1-6H3/b12-11-. The van der Waals surface area contributed by atoms with E-state index in [2.05, 4.69) is 52.9 Å². The van der Waals surface area contributed by atoms with E-state index in [4.69, 9.17) is 4.43 Å². The van der Waals surface area contributed by atoms with E-state index in [0.717, 1.165) is 13.0 Å². The molecule has 0 heterocycles. The number of unbranched alkanes of at least 4 members (excludes halogenated alkanes) is 4. The van der Waals surface area contributed by atoms with Gasteiger partial charge in [0.25, 0.3) is 0 Å². The summed E-state index contributed by atoms with van der Waals surface area (Å²) in [6.07, 6.45) is 12.3. The monoisotopic (exact) mass is 270 g/mol. The van der Waals surface area contributed by atoms with Crippen LogP contribution in [-0.4, -0.2) is 14.9 Å². The van der Waals surface area contributed by atoms with E-state index in [1.165, 1.54) is 32.1 Å². The molecule has 0 bridgehead atoms. The minimum absolute atomic E-state index is 0.336. The quantitative estimate of drug-likeness (QED) is 0.287. The lowest BCUT2D eigenvalue weighted by Crippen LogP contribution is -2.40. The van der Waals surface area contributed by atoms with E-state index in [1.807, 2.05) is 0 Å². The van der Waals surface area contributed by atoms with Gasteiger partial charge in [0.15, 0.2) is 8.32 Å². The molecule has 0 saturated carbocycles. The lowest BCUT2D eigenvalue weighted by atomic mass is 10.2. The van der Waals surface area contributed by atoms with Crippen LogP contribution in [-0.2, 0) is 4.43 Å². The first-order valence-corrected chi connectivity index (χ1v) is 10.5. The molecule has 0 spiro atoms. The van der Waals surface area contributed by atoms with Crippen molar-refractivity contribution in [2.45, 2.75) is 84.4 Å². The van der Waals surface area contributed by atoms with Crippen molar-refractivity contribution in [3.05, 3.63) is 12.2 Å². The molecular weight excluding hydrogens is 236 g/mol. The maximum atomic E-state index is 6.14. The first-order valence-electron chi connectivity index (χ1n) is 7.60. The summed E-state index contributed by atoms with van der Waals surface area (Å²) in [5.41, 5.74) is 0. The fraction of sp³-hybridized carbons (Fsp3) is 0.875. The first kappa shape index (κ1) is 17.9. The van der Waals surface area contributed by atoms with Gasteiger partial charge in [-0.25, -0.2) is 0 Å². The molecule has 0 amide bonds. The minimum Gasteiger partial charge on any atom is -0.417 e. The predicted octanol–water partition coefficient (Wildman–Crippen LogP) is 5.92. The Bertz CT molecular complexity index is 226. The molecular formula is C16H34OSi. The molecule has 0 aliphatic rings. The van der Waals surface area contributed by atoms with E-state index in [0.29, 0.717) is 5.04 Å². The molecule has 0 N–H and O–H groups in total. The molecule has 0 aliphatic heterocycles. The predicted molar refractivity (Wildman–Crippen MR) is 85.7 cm³/mol. The Labute approximate surface area is 116 Å². The van der Waals surface area contributed by atoms with Crippen LogP contribution in [0.4, 0.5) is 0 Å². The van der Waals surface area contributed by atoms with Crippen molar-refractivity contribution in [3.8, 4) is 0 Å². The van der Waals surface area contributed by atoms with Crippen LogP contribution in [0.25, 0.3) is 0 Å².